The van der Waals surface area contributed by atoms with Gasteiger partial charge in [0.1, 0.15) is 5.76 Å². The van der Waals surface area contributed by atoms with Crippen LogP contribution in [-0.2, 0) is 9.53 Å². The lowest BCUT2D eigenvalue weighted by molar-refractivity contribution is -0.119. The number of fused-ring (bicyclic) bond motifs is 1. The van der Waals surface area contributed by atoms with Gasteiger partial charge in [0.2, 0.25) is 5.78 Å². The van der Waals surface area contributed by atoms with Gasteiger partial charge in [0.15, 0.2) is 17.3 Å². The number of Topliss-reactive ketones (excluding diaryl/α,β-unsaturated/α-hetero) is 3. The zero-order chi connectivity index (χ0) is 21.2. The molecule has 3 aliphatic rings. The molecule has 0 aromatic heterocycles. The van der Waals surface area contributed by atoms with Crippen molar-refractivity contribution in [2.75, 3.05) is 0 Å². The van der Waals surface area contributed by atoms with E-state index in [2.05, 4.69) is 15.9 Å². The van der Waals surface area contributed by atoms with Crippen molar-refractivity contribution < 1.29 is 19.1 Å². The normalized spacial score (nSPS) is 22.4. The Morgan fingerprint density at radius 1 is 0.867 bits per heavy atom. The second-order valence-corrected chi connectivity index (χ2v) is 9.73. The van der Waals surface area contributed by atoms with E-state index in [0.717, 1.165) is 10.0 Å². The number of hydrogen-bond donors (Lipinski definition) is 0. The van der Waals surface area contributed by atoms with E-state index in [0.29, 0.717) is 35.3 Å². The van der Waals surface area contributed by atoms with E-state index in [4.69, 9.17) is 4.74 Å². The molecular formula is C25H19BrO4. The fourth-order valence-electron chi connectivity index (χ4n) is 4.68. The Kier molecular flexibility index (Phi) is 4.23. The van der Waals surface area contributed by atoms with Gasteiger partial charge >= 0.3 is 0 Å². The van der Waals surface area contributed by atoms with Gasteiger partial charge in [-0.05, 0) is 23.1 Å². The molecule has 0 radical (unpaired) electrons. The minimum Gasteiger partial charge on any atom is -0.457 e. The van der Waals surface area contributed by atoms with Crippen LogP contribution in [0.1, 0.15) is 58.9 Å². The van der Waals surface area contributed by atoms with Crippen molar-refractivity contribution in [2.45, 2.75) is 32.6 Å². The molecule has 1 atom stereocenters. The summed E-state index contributed by atoms with van der Waals surface area (Å²) >= 11 is 3.44. The molecule has 0 saturated carbocycles. The van der Waals surface area contributed by atoms with Crippen LogP contribution in [0.4, 0.5) is 0 Å². The zero-order valence-corrected chi connectivity index (χ0v) is 18.2. The molecule has 2 aromatic carbocycles. The highest BCUT2D eigenvalue weighted by Crippen LogP contribution is 2.51. The number of halogens is 1. The molecular weight excluding hydrogens is 444 g/mol. The molecule has 30 heavy (non-hydrogen) atoms. The third-order valence-corrected chi connectivity index (χ3v) is 6.53. The minimum atomic E-state index is -0.606. The summed E-state index contributed by atoms with van der Waals surface area (Å²) in [5, 5.41) is 0. The van der Waals surface area contributed by atoms with E-state index in [1.165, 1.54) is 0 Å². The van der Waals surface area contributed by atoms with E-state index in [-0.39, 0.29) is 34.1 Å². The fraction of sp³-hybridized carbons (Fsp3) is 0.240. The SMILES string of the molecule is CC1(C)CC(=O)C2=C(C1)OC1=C(C(=O)c3ccccc3C1=O)C2c1ccc(Br)cc1. The Labute approximate surface area is 182 Å². The van der Waals surface area contributed by atoms with Crippen LogP contribution in [-0.4, -0.2) is 17.3 Å². The van der Waals surface area contributed by atoms with Gasteiger partial charge in [0.05, 0.1) is 5.57 Å². The third kappa shape index (κ3) is 2.83. The van der Waals surface area contributed by atoms with Gasteiger partial charge in [-0.1, -0.05) is 66.2 Å². The third-order valence-electron chi connectivity index (χ3n) is 6.00. The molecule has 5 rings (SSSR count). The zero-order valence-electron chi connectivity index (χ0n) is 16.6. The standard InChI is InChI=1S/C25H19BrO4/c1-25(2)11-17(27)20-18(12-25)30-24-21(19(20)13-7-9-14(26)10-8-13)22(28)15-5-3-4-6-16(15)23(24)29/h3-10,19H,11-12H2,1-2H3. The fourth-order valence-corrected chi connectivity index (χ4v) is 4.95. The smallest absolute Gasteiger partial charge is 0.229 e. The predicted molar refractivity (Wildman–Crippen MR) is 115 cm³/mol. The maximum absolute atomic E-state index is 13.5. The molecule has 1 aliphatic heterocycles. The number of ether oxygens (including phenoxy) is 1. The van der Waals surface area contributed by atoms with E-state index >= 15 is 0 Å². The second kappa shape index (κ2) is 6.61. The summed E-state index contributed by atoms with van der Waals surface area (Å²) in [6, 6.07) is 14.3. The van der Waals surface area contributed by atoms with Crippen molar-refractivity contribution in [3.8, 4) is 0 Å². The van der Waals surface area contributed by atoms with Crippen LogP contribution in [0.2, 0.25) is 0 Å². The van der Waals surface area contributed by atoms with Gasteiger partial charge in [0.25, 0.3) is 0 Å². The molecule has 0 bridgehead atoms. The van der Waals surface area contributed by atoms with Gasteiger partial charge < -0.3 is 4.74 Å². The van der Waals surface area contributed by atoms with Gasteiger partial charge in [-0.2, -0.15) is 0 Å². The van der Waals surface area contributed by atoms with Crippen molar-refractivity contribution in [2.24, 2.45) is 5.41 Å². The summed E-state index contributed by atoms with van der Waals surface area (Å²) in [6.07, 6.45) is 0.921. The van der Waals surface area contributed by atoms with Crippen molar-refractivity contribution in [3.63, 3.8) is 0 Å². The molecule has 150 valence electrons. The minimum absolute atomic E-state index is 0.0279. The topological polar surface area (TPSA) is 60.4 Å². The van der Waals surface area contributed by atoms with Gasteiger partial charge in [-0.25, -0.2) is 0 Å². The van der Waals surface area contributed by atoms with Crippen LogP contribution < -0.4 is 0 Å². The van der Waals surface area contributed by atoms with Crippen LogP contribution in [0.3, 0.4) is 0 Å². The van der Waals surface area contributed by atoms with Crippen LogP contribution in [0.15, 0.2) is 75.7 Å². The molecule has 2 aromatic rings. The summed E-state index contributed by atoms with van der Waals surface area (Å²) in [7, 11) is 0. The molecule has 0 spiro atoms. The summed E-state index contributed by atoms with van der Waals surface area (Å²) in [5.74, 6) is -0.605. The van der Waals surface area contributed by atoms with Gasteiger partial charge in [0, 0.05) is 39.9 Å². The average Bonchev–Trinajstić information content (AvgIpc) is 2.70. The number of carbonyl (C=O) groups is 3. The lowest BCUT2D eigenvalue weighted by atomic mass is 9.67. The summed E-state index contributed by atoms with van der Waals surface area (Å²) in [6.45, 7) is 4.03. The quantitative estimate of drug-likeness (QED) is 0.557. The van der Waals surface area contributed by atoms with Crippen LogP contribution >= 0.6 is 15.9 Å². The lowest BCUT2D eigenvalue weighted by Gasteiger charge is -2.39. The molecule has 0 fully saturated rings. The number of allylic oxidation sites excluding steroid dienone is 4. The van der Waals surface area contributed by atoms with E-state index in [1.807, 2.05) is 38.1 Å². The average molecular weight is 463 g/mol. The molecule has 1 heterocycles. The maximum Gasteiger partial charge on any atom is 0.229 e. The number of carbonyl (C=O) groups excluding carboxylic acids is 3. The highest BCUT2D eigenvalue weighted by molar-refractivity contribution is 9.10. The Morgan fingerprint density at radius 2 is 1.50 bits per heavy atom. The van der Waals surface area contributed by atoms with Crippen molar-refractivity contribution in [3.05, 3.63) is 92.4 Å². The number of hydrogen-bond acceptors (Lipinski definition) is 4. The molecule has 0 N–H and O–H groups in total. The summed E-state index contributed by atoms with van der Waals surface area (Å²) in [5.41, 5.74) is 2.03. The summed E-state index contributed by atoms with van der Waals surface area (Å²) in [4.78, 5) is 40.1. The predicted octanol–water partition coefficient (Wildman–Crippen LogP) is 5.54. The van der Waals surface area contributed by atoms with E-state index < -0.39 is 5.92 Å². The van der Waals surface area contributed by atoms with Crippen molar-refractivity contribution in [1.29, 1.82) is 0 Å². The summed E-state index contributed by atoms with van der Waals surface area (Å²) < 4.78 is 6.97. The largest absolute Gasteiger partial charge is 0.457 e. The Morgan fingerprint density at radius 3 is 2.17 bits per heavy atom. The highest BCUT2D eigenvalue weighted by Gasteiger charge is 2.48. The molecule has 4 nitrogen and oxygen atoms in total. The Hall–Kier alpha value is -2.79. The highest BCUT2D eigenvalue weighted by atomic mass is 79.9. The van der Waals surface area contributed by atoms with Crippen LogP contribution in [0, 0.1) is 5.41 Å². The molecule has 0 amide bonds. The van der Waals surface area contributed by atoms with Crippen molar-refractivity contribution >= 4 is 33.3 Å². The second-order valence-electron chi connectivity index (χ2n) is 8.81. The maximum atomic E-state index is 13.5. The molecule has 1 unspecified atom stereocenters. The first-order valence-electron chi connectivity index (χ1n) is 9.89. The van der Waals surface area contributed by atoms with E-state index in [9.17, 15) is 14.4 Å². The van der Waals surface area contributed by atoms with Crippen molar-refractivity contribution in [1.82, 2.24) is 0 Å². The Balaban J connectivity index is 1.76. The van der Waals surface area contributed by atoms with Gasteiger partial charge in [-0.3, -0.25) is 14.4 Å². The molecule has 2 aliphatic carbocycles. The lowest BCUT2D eigenvalue weighted by Crippen LogP contribution is -2.37. The first-order valence-corrected chi connectivity index (χ1v) is 10.7. The first-order chi connectivity index (χ1) is 14.3. The molecule has 0 saturated heterocycles. The number of ketones is 3. The Bertz CT molecular complexity index is 1200. The van der Waals surface area contributed by atoms with Crippen LogP contribution in [0.25, 0.3) is 0 Å². The number of benzene rings is 2. The van der Waals surface area contributed by atoms with Crippen LogP contribution in [0.5, 0.6) is 0 Å². The molecule has 5 heteroatoms. The first kappa shape index (κ1) is 19.2. The van der Waals surface area contributed by atoms with Gasteiger partial charge in [-0.15, -0.1) is 0 Å². The number of rotatable bonds is 1. The van der Waals surface area contributed by atoms with E-state index in [1.54, 1.807) is 24.3 Å². The monoisotopic (exact) mass is 462 g/mol.